The van der Waals surface area contributed by atoms with E-state index in [0.29, 0.717) is 17.5 Å². The third kappa shape index (κ3) is 9.78. The lowest BCUT2D eigenvalue weighted by molar-refractivity contribution is -0.132. The van der Waals surface area contributed by atoms with E-state index in [-0.39, 0.29) is 30.5 Å². The van der Waals surface area contributed by atoms with Crippen molar-refractivity contribution >= 4 is 41.5 Å². The molecule has 21 heavy (non-hydrogen) atoms. The van der Waals surface area contributed by atoms with E-state index in [0.717, 1.165) is 12.0 Å². The van der Waals surface area contributed by atoms with E-state index < -0.39 is 12.6 Å². The summed E-state index contributed by atoms with van der Waals surface area (Å²) >= 11 is 5.78. The van der Waals surface area contributed by atoms with E-state index in [4.69, 9.17) is 11.6 Å². The molecule has 0 atom stereocenters. The van der Waals surface area contributed by atoms with Crippen LogP contribution in [-0.2, 0) is 6.42 Å². The molecule has 1 rings (SSSR count). The van der Waals surface area contributed by atoms with Crippen LogP contribution in [0.15, 0.2) is 29.3 Å². The van der Waals surface area contributed by atoms with Crippen molar-refractivity contribution in [3.05, 3.63) is 34.9 Å². The Bertz CT molecular complexity index is 435. The molecule has 0 saturated carbocycles. The molecule has 0 radical (unpaired) electrons. The van der Waals surface area contributed by atoms with E-state index >= 15 is 0 Å². The summed E-state index contributed by atoms with van der Waals surface area (Å²) in [6.07, 6.45) is -4.31. The average Bonchev–Trinajstić information content (AvgIpc) is 2.38. The van der Waals surface area contributed by atoms with Crippen molar-refractivity contribution in [2.45, 2.75) is 19.0 Å². The smallest absolute Gasteiger partial charge is 0.356 e. The average molecular weight is 436 g/mol. The van der Waals surface area contributed by atoms with Crippen LogP contribution < -0.4 is 10.6 Å². The first-order valence-corrected chi connectivity index (χ1v) is 6.54. The third-order valence-electron chi connectivity index (χ3n) is 2.54. The van der Waals surface area contributed by atoms with Crippen molar-refractivity contribution in [2.75, 3.05) is 20.1 Å². The molecule has 0 aromatic heterocycles. The van der Waals surface area contributed by atoms with Crippen LogP contribution in [-0.4, -0.2) is 32.3 Å². The Hall–Kier alpha value is -0.700. The van der Waals surface area contributed by atoms with Crippen molar-refractivity contribution < 1.29 is 13.2 Å². The standard InChI is InChI=1S/C13H17ClF3N3.HI/c1-18-12(20-9-7-13(15,16)17)19-8-6-10-2-4-11(14)5-3-10;/h2-5H,6-9H2,1H3,(H2,18,19,20);1H. The van der Waals surface area contributed by atoms with Crippen molar-refractivity contribution in [1.82, 2.24) is 10.6 Å². The second-order valence-corrected chi connectivity index (χ2v) is 4.60. The molecule has 0 aliphatic heterocycles. The minimum absolute atomic E-state index is 0. The lowest BCUT2D eigenvalue weighted by atomic mass is 10.1. The maximum atomic E-state index is 12.0. The zero-order valence-corrected chi connectivity index (χ0v) is 14.6. The summed E-state index contributed by atoms with van der Waals surface area (Å²) in [5, 5.41) is 6.25. The molecule has 0 aliphatic carbocycles. The van der Waals surface area contributed by atoms with Gasteiger partial charge in [0.1, 0.15) is 0 Å². The Kier molecular flexibility index (Phi) is 9.76. The molecule has 0 spiro atoms. The highest BCUT2D eigenvalue weighted by atomic mass is 127. The summed E-state index contributed by atoms with van der Waals surface area (Å²) in [4.78, 5) is 3.86. The molecule has 0 bridgehead atoms. The van der Waals surface area contributed by atoms with E-state index in [9.17, 15) is 13.2 Å². The van der Waals surface area contributed by atoms with Crippen LogP contribution in [0.3, 0.4) is 0 Å². The summed E-state index contributed by atoms with van der Waals surface area (Å²) in [6, 6.07) is 7.41. The zero-order chi connectivity index (χ0) is 15.0. The highest BCUT2D eigenvalue weighted by molar-refractivity contribution is 14.0. The fourth-order valence-corrected chi connectivity index (χ4v) is 1.65. The minimum Gasteiger partial charge on any atom is -0.356 e. The highest BCUT2D eigenvalue weighted by Crippen LogP contribution is 2.18. The number of benzene rings is 1. The van der Waals surface area contributed by atoms with Gasteiger partial charge in [0.05, 0.1) is 6.42 Å². The third-order valence-corrected chi connectivity index (χ3v) is 2.80. The number of rotatable bonds is 5. The fraction of sp³-hybridized carbons (Fsp3) is 0.462. The van der Waals surface area contributed by atoms with Crippen molar-refractivity contribution in [3.63, 3.8) is 0 Å². The number of hydrogen-bond donors (Lipinski definition) is 2. The molecule has 120 valence electrons. The number of alkyl halides is 3. The van der Waals surface area contributed by atoms with E-state index in [1.165, 1.54) is 7.05 Å². The summed E-state index contributed by atoms with van der Waals surface area (Å²) in [6.45, 7) is 0.386. The molecule has 8 heteroatoms. The predicted molar refractivity (Wildman–Crippen MR) is 90.6 cm³/mol. The molecular weight excluding hydrogens is 418 g/mol. The Morgan fingerprint density at radius 2 is 1.71 bits per heavy atom. The monoisotopic (exact) mass is 435 g/mol. The van der Waals surface area contributed by atoms with Crippen LogP contribution in [0.5, 0.6) is 0 Å². The van der Waals surface area contributed by atoms with Crippen LogP contribution in [0, 0.1) is 0 Å². The molecule has 0 amide bonds. The van der Waals surface area contributed by atoms with Gasteiger partial charge >= 0.3 is 6.18 Å². The normalized spacial score (nSPS) is 11.8. The van der Waals surface area contributed by atoms with Crippen LogP contribution in [0.4, 0.5) is 13.2 Å². The number of hydrogen-bond acceptors (Lipinski definition) is 1. The van der Waals surface area contributed by atoms with Gasteiger partial charge in [-0.3, -0.25) is 4.99 Å². The van der Waals surface area contributed by atoms with Gasteiger partial charge in [0.15, 0.2) is 5.96 Å². The van der Waals surface area contributed by atoms with Gasteiger partial charge in [-0.05, 0) is 24.1 Å². The van der Waals surface area contributed by atoms with Gasteiger partial charge in [0, 0.05) is 25.2 Å². The number of guanidine groups is 1. The predicted octanol–water partition coefficient (Wildman–Crippen LogP) is 3.62. The van der Waals surface area contributed by atoms with E-state index in [1.807, 2.05) is 12.1 Å². The Morgan fingerprint density at radius 1 is 1.14 bits per heavy atom. The molecule has 0 fully saturated rings. The van der Waals surface area contributed by atoms with Gasteiger partial charge < -0.3 is 10.6 Å². The molecule has 0 saturated heterocycles. The number of nitrogens with zero attached hydrogens (tertiary/aromatic N) is 1. The van der Waals surface area contributed by atoms with Gasteiger partial charge in [-0.1, -0.05) is 23.7 Å². The maximum Gasteiger partial charge on any atom is 0.390 e. The second kappa shape index (κ2) is 10.1. The molecular formula is C13H18ClF3IN3. The summed E-state index contributed by atoms with van der Waals surface area (Å²) in [5.74, 6) is 0.364. The number of nitrogens with one attached hydrogen (secondary N) is 2. The Labute approximate surface area is 144 Å². The van der Waals surface area contributed by atoms with Crippen LogP contribution in [0.2, 0.25) is 5.02 Å². The van der Waals surface area contributed by atoms with Crippen molar-refractivity contribution in [1.29, 1.82) is 0 Å². The van der Waals surface area contributed by atoms with E-state index in [2.05, 4.69) is 15.6 Å². The lowest BCUT2D eigenvalue weighted by Gasteiger charge is -2.12. The number of aliphatic imine (C=N–C) groups is 1. The van der Waals surface area contributed by atoms with Crippen molar-refractivity contribution in [3.8, 4) is 0 Å². The first-order valence-electron chi connectivity index (χ1n) is 6.16. The molecule has 0 aliphatic rings. The van der Waals surface area contributed by atoms with Crippen LogP contribution in [0.25, 0.3) is 0 Å². The molecule has 1 aromatic rings. The molecule has 0 heterocycles. The number of halogens is 5. The maximum absolute atomic E-state index is 12.0. The van der Waals surface area contributed by atoms with Gasteiger partial charge in [-0.15, -0.1) is 24.0 Å². The Balaban J connectivity index is 0.00000400. The summed E-state index contributed by atoms with van der Waals surface area (Å²) in [7, 11) is 1.52. The molecule has 3 nitrogen and oxygen atoms in total. The lowest BCUT2D eigenvalue weighted by Crippen LogP contribution is -2.39. The largest absolute Gasteiger partial charge is 0.390 e. The SMILES string of the molecule is CN=C(NCCc1ccc(Cl)cc1)NCCC(F)(F)F.I. The van der Waals surface area contributed by atoms with Crippen molar-refractivity contribution in [2.24, 2.45) is 4.99 Å². The van der Waals surface area contributed by atoms with Gasteiger partial charge in [-0.2, -0.15) is 13.2 Å². The Morgan fingerprint density at radius 3 is 2.24 bits per heavy atom. The van der Waals surface area contributed by atoms with Gasteiger partial charge in [0.25, 0.3) is 0 Å². The van der Waals surface area contributed by atoms with Gasteiger partial charge in [-0.25, -0.2) is 0 Å². The first-order chi connectivity index (χ1) is 9.40. The molecule has 2 N–H and O–H groups in total. The highest BCUT2D eigenvalue weighted by Gasteiger charge is 2.26. The fourth-order valence-electron chi connectivity index (χ4n) is 1.52. The summed E-state index contributed by atoms with van der Waals surface area (Å²) in [5.41, 5.74) is 1.09. The van der Waals surface area contributed by atoms with Crippen LogP contribution in [0.1, 0.15) is 12.0 Å². The second-order valence-electron chi connectivity index (χ2n) is 4.17. The zero-order valence-electron chi connectivity index (χ0n) is 11.5. The van der Waals surface area contributed by atoms with Gasteiger partial charge in [0.2, 0.25) is 0 Å². The molecule has 1 aromatic carbocycles. The first kappa shape index (κ1) is 20.3. The minimum atomic E-state index is -4.16. The molecule has 0 unspecified atom stereocenters. The topological polar surface area (TPSA) is 36.4 Å². The van der Waals surface area contributed by atoms with E-state index in [1.54, 1.807) is 12.1 Å². The van der Waals surface area contributed by atoms with Crippen LogP contribution >= 0.6 is 35.6 Å². The quantitative estimate of drug-likeness (QED) is 0.421. The summed E-state index contributed by atoms with van der Waals surface area (Å²) < 4.78 is 36.0.